The van der Waals surface area contributed by atoms with Crippen LogP contribution in [0.25, 0.3) is 0 Å². The van der Waals surface area contributed by atoms with E-state index >= 15 is 0 Å². The molecular formula is C8H10Cl2N2O2. The Labute approximate surface area is 91.8 Å². The predicted molar refractivity (Wildman–Crippen MR) is 58.9 cm³/mol. The van der Waals surface area contributed by atoms with E-state index < -0.39 is 4.92 Å². The van der Waals surface area contributed by atoms with Crippen LogP contribution in [0.1, 0.15) is 13.8 Å². The van der Waals surface area contributed by atoms with E-state index in [1.165, 1.54) is 6.07 Å². The molecule has 0 bridgehead atoms. The molecule has 0 saturated carbocycles. The van der Waals surface area contributed by atoms with Crippen molar-refractivity contribution >= 4 is 34.6 Å². The highest BCUT2D eigenvalue weighted by Gasteiger charge is 2.13. The van der Waals surface area contributed by atoms with Crippen molar-refractivity contribution in [1.82, 2.24) is 0 Å². The number of nitro groups is 1. The summed E-state index contributed by atoms with van der Waals surface area (Å²) in [7, 11) is 0. The first-order valence-corrected chi connectivity index (χ1v) is 4.67. The summed E-state index contributed by atoms with van der Waals surface area (Å²) in [5, 5.41) is 10.6. The highest BCUT2D eigenvalue weighted by molar-refractivity contribution is 6.42. The fourth-order valence-electron chi connectivity index (χ4n) is 0.710. The molecule has 1 aromatic rings. The van der Waals surface area contributed by atoms with Gasteiger partial charge in [0.1, 0.15) is 5.69 Å². The van der Waals surface area contributed by atoms with Gasteiger partial charge in [-0.25, -0.2) is 0 Å². The zero-order chi connectivity index (χ0) is 11.3. The second-order valence-electron chi connectivity index (χ2n) is 2.08. The van der Waals surface area contributed by atoms with E-state index in [0.29, 0.717) is 0 Å². The van der Waals surface area contributed by atoms with Crippen molar-refractivity contribution in [2.45, 2.75) is 13.8 Å². The number of nitrogens with zero attached hydrogens (tertiary/aromatic N) is 1. The highest BCUT2D eigenvalue weighted by atomic mass is 35.5. The second kappa shape index (κ2) is 5.67. The van der Waals surface area contributed by atoms with Crippen molar-refractivity contribution < 1.29 is 4.92 Å². The summed E-state index contributed by atoms with van der Waals surface area (Å²) in [6, 6.07) is 2.38. The molecule has 0 aliphatic rings. The Kier molecular flexibility index (Phi) is 5.27. The molecule has 0 fully saturated rings. The molecule has 0 aromatic heterocycles. The topological polar surface area (TPSA) is 69.2 Å². The van der Waals surface area contributed by atoms with Gasteiger partial charge in [0, 0.05) is 6.07 Å². The molecule has 0 saturated heterocycles. The van der Waals surface area contributed by atoms with Crippen molar-refractivity contribution in [3.05, 3.63) is 32.3 Å². The van der Waals surface area contributed by atoms with Crippen molar-refractivity contribution in [2.24, 2.45) is 0 Å². The van der Waals surface area contributed by atoms with Gasteiger partial charge in [-0.05, 0) is 6.07 Å². The van der Waals surface area contributed by atoms with Gasteiger partial charge >= 0.3 is 0 Å². The molecule has 0 heterocycles. The van der Waals surface area contributed by atoms with Crippen molar-refractivity contribution in [3.63, 3.8) is 0 Å². The lowest BCUT2D eigenvalue weighted by Gasteiger charge is -1.98. The van der Waals surface area contributed by atoms with Gasteiger partial charge in [-0.2, -0.15) is 0 Å². The third-order valence-electron chi connectivity index (χ3n) is 1.27. The zero-order valence-corrected chi connectivity index (χ0v) is 9.26. The molecule has 1 aromatic carbocycles. The molecule has 0 radical (unpaired) electrons. The van der Waals surface area contributed by atoms with Crippen LogP contribution in [0.15, 0.2) is 12.1 Å². The Morgan fingerprint density at radius 2 is 1.71 bits per heavy atom. The van der Waals surface area contributed by atoms with Crippen LogP contribution in [0.5, 0.6) is 0 Å². The monoisotopic (exact) mass is 236 g/mol. The Bertz CT molecular complexity index is 342. The minimum Gasteiger partial charge on any atom is -0.393 e. The first kappa shape index (κ1) is 13.0. The molecule has 0 atom stereocenters. The average Bonchev–Trinajstić information content (AvgIpc) is 2.14. The number of anilines is 1. The lowest BCUT2D eigenvalue weighted by molar-refractivity contribution is -0.383. The predicted octanol–water partition coefficient (Wildman–Crippen LogP) is 3.51. The average molecular weight is 237 g/mol. The van der Waals surface area contributed by atoms with E-state index in [1.807, 2.05) is 13.8 Å². The van der Waals surface area contributed by atoms with Crippen LogP contribution in [0.4, 0.5) is 11.4 Å². The molecule has 0 spiro atoms. The summed E-state index contributed by atoms with van der Waals surface area (Å²) < 4.78 is 0. The third kappa shape index (κ3) is 3.05. The number of hydrogen-bond acceptors (Lipinski definition) is 3. The van der Waals surface area contributed by atoms with Crippen molar-refractivity contribution in [3.8, 4) is 0 Å². The fraction of sp³-hybridized carbons (Fsp3) is 0.250. The largest absolute Gasteiger partial charge is 0.393 e. The van der Waals surface area contributed by atoms with Crippen LogP contribution in [-0.2, 0) is 0 Å². The fourth-order valence-corrected chi connectivity index (χ4v) is 1.04. The number of halogens is 2. The van der Waals surface area contributed by atoms with Gasteiger partial charge < -0.3 is 5.73 Å². The van der Waals surface area contributed by atoms with Crippen LogP contribution in [0, 0.1) is 10.1 Å². The molecule has 0 aliphatic heterocycles. The lowest BCUT2D eigenvalue weighted by Crippen LogP contribution is -1.95. The minimum atomic E-state index is -0.614. The number of nitrogen functional groups attached to an aromatic ring is 1. The van der Waals surface area contributed by atoms with Gasteiger partial charge in [-0.3, -0.25) is 10.1 Å². The van der Waals surface area contributed by atoms with E-state index in [0.717, 1.165) is 6.07 Å². The molecule has 0 amide bonds. The summed E-state index contributed by atoms with van der Waals surface area (Å²) in [6.07, 6.45) is 0. The van der Waals surface area contributed by atoms with Crippen molar-refractivity contribution in [2.75, 3.05) is 5.73 Å². The third-order valence-corrected chi connectivity index (χ3v) is 1.99. The van der Waals surface area contributed by atoms with Gasteiger partial charge in [-0.1, -0.05) is 37.0 Å². The molecular weight excluding hydrogens is 227 g/mol. The number of nitro benzene ring substituents is 1. The molecule has 6 heteroatoms. The molecule has 4 nitrogen and oxygen atoms in total. The number of hydrogen-bond donors (Lipinski definition) is 1. The highest BCUT2D eigenvalue weighted by Crippen LogP contribution is 2.31. The van der Waals surface area contributed by atoms with Gasteiger partial charge in [0.25, 0.3) is 5.69 Å². The summed E-state index contributed by atoms with van der Waals surface area (Å²) in [4.78, 5) is 9.70. The Morgan fingerprint density at radius 1 is 1.29 bits per heavy atom. The van der Waals surface area contributed by atoms with Gasteiger partial charge in [0.15, 0.2) is 0 Å². The summed E-state index contributed by atoms with van der Waals surface area (Å²) in [5.41, 5.74) is 5.08. The second-order valence-corrected chi connectivity index (χ2v) is 2.90. The first-order valence-electron chi connectivity index (χ1n) is 3.91. The quantitative estimate of drug-likeness (QED) is 0.461. The van der Waals surface area contributed by atoms with Crippen LogP contribution in [0.2, 0.25) is 10.0 Å². The van der Waals surface area contributed by atoms with E-state index in [2.05, 4.69) is 0 Å². The Balaban J connectivity index is 0.000000791. The number of benzene rings is 1. The van der Waals surface area contributed by atoms with Crippen molar-refractivity contribution in [1.29, 1.82) is 0 Å². The smallest absolute Gasteiger partial charge is 0.293 e. The summed E-state index contributed by atoms with van der Waals surface area (Å²) in [6.45, 7) is 4.00. The number of nitrogens with two attached hydrogens (primary N) is 1. The maximum absolute atomic E-state index is 10.3. The first-order chi connectivity index (χ1) is 6.52. The molecule has 1 rings (SSSR count). The van der Waals surface area contributed by atoms with Gasteiger partial charge in [0.05, 0.1) is 15.0 Å². The number of rotatable bonds is 1. The molecule has 0 unspecified atom stereocenters. The standard InChI is InChI=1S/C6H4Cl2N2O2.C2H6/c7-3-1-5(9)6(10(11)12)2-4(3)8;1-2/h1-2H,9H2;1-2H3. The van der Waals surface area contributed by atoms with E-state index in [-0.39, 0.29) is 21.4 Å². The lowest BCUT2D eigenvalue weighted by atomic mass is 10.3. The van der Waals surface area contributed by atoms with Crippen LogP contribution in [-0.4, -0.2) is 4.92 Å². The van der Waals surface area contributed by atoms with Gasteiger partial charge in [-0.15, -0.1) is 0 Å². The maximum atomic E-state index is 10.3. The molecule has 78 valence electrons. The van der Waals surface area contributed by atoms with Gasteiger partial charge in [0.2, 0.25) is 0 Å². The Hall–Kier alpha value is -1.00. The normalized spacial score (nSPS) is 8.86. The van der Waals surface area contributed by atoms with E-state index in [4.69, 9.17) is 28.9 Å². The molecule has 14 heavy (non-hydrogen) atoms. The summed E-state index contributed by atoms with van der Waals surface area (Å²) in [5.74, 6) is 0. The van der Waals surface area contributed by atoms with E-state index in [1.54, 1.807) is 0 Å². The van der Waals surface area contributed by atoms with Crippen LogP contribution >= 0.6 is 23.2 Å². The molecule has 2 N–H and O–H groups in total. The SMILES string of the molecule is CC.Nc1cc(Cl)c(Cl)cc1[N+](=O)[O-]. The van der Waals surface area contributed by atoms with Crippen LogP contribution < -0.4 is 5.73 Å². The zero-order valence-electron chi connectivity index (χ0n) is 7.75. The summed E-state index contributed by atoms with van der Waals surface area (Å²) >= 11 is 11.1. The molecule has 0 aliphatic carbocycles. The minimum absolute atomic E-state index is 0.00870. The van der Waals surface area contributed by atoms with Crippen LogP contribution in [0.3, 0.4) is 0 Å². The maximum Gasteiger partial charge on any atom is 0.293 e. The van der Waals surface area contributed by atoms with E-state index in [9.17, 15) is 10.1 Å². The Morgan fingerprint density at radius 3 is 2.14 bits per heavy atom.